The summed E-state index contributed by atoms with van der Waals surface area (Å²) in [4.78, 5) is 66.4. The first-order valence-electron chi connectivity index (χ1n) is 17.6. The standard InChI is InChI=1S/C38H54N4O8/c1-6-14-28-34(45)26(5)31(44)18-11-8-12-19-32(25(4)20-22-43)50-38(49)29-17-13-21-42(41-29)37(48)30(23-27-15-9-7-10-16-27)39-36(47)33(24(2)3)40-35(28)46/h7-12,15-16,18,20,22,24,26,28-34,41,44-45H,6,13-14,17,19,21,23H2,1-5H3,(H,39,47)(H,40,46)/b12-8+,18-11+,25-20+/t26?,28?,29?,30?,31-,32-,33?,34?/m0/s1. The second kappa shape index (κ2) is 19.9. The van der Waals surface area contributed by atoms with Crippen LogP contribution in [0.4, 0.5) is 0 Å². The fourth-order valence-corrected chi connectivity index (χ4v) is 6.14. The molecule has 1 fully saturated rings. The average Bonchev–Trinajstić information content (AvgIpc) is 3.10. The van der Waals surface area contributed by atoms with E-state index in [1.165, 1.54) is 17.2 Å². The van der Waals surface area contributed by atoms with E-state index in [1.54, 1.807) is 45.9 Å². The number of hydrazine groups is 1. The summed E-state index contributed by atoms with van der Waals surface area (Å²) in [7, 11) is 0. The molecule has 1 aromatic carbocycles. The largest absolute Gasteiger partial charge is 0.456 e. The number of nitrogens with one attached hydrogen (secondary N) is 3. The van der Waals surface area contributed by atoms with Gasteiger partial charge in [-0.2, -0.15) is 0 Å². The van der Waals surface area contributed by atoms with Crippen molar-refractivity contribution in [3.63, 3.8) is 0 Å². The molecule has 1 saturated heterocycles. The number of esters is 1. The van der Waals surface area contributed by atoms with E-state index in [1.807, 2.05) is 37.3 Å². The highest BCUT2D eigenvalue weighted by molar-refractivity contribution is 5.93. The monoisotopic (exact) mass is 694 g/mol. The van der Waals surface area contributed by atoms with Gasteiger partial charge in [0.1, 0.15) is 30.5 Å². The van der Waals surface area contributed by atoms with Gasteiger partial charge < -0.3 is 25.6 Å². The maximum Gasteiger partial charge on any atom is 0.325 e. The highest BCUT2D eigenvalue weighted by Crippen LogP contribution is 2.23. The number of cyclic esters (lactones) is 1. The van der Waals surface area contributed by atoms with Crippen LogP contribution in [0.15, 0.2) is 66.3 Å². The van der Waals surface area contributed by atoms with Gasteiger partial charge in [0.05, 0.1) is 18.1 Å². The average molecular weight is 695 g/mol. The predicted molar refractivity (Wildman–Crippen MR) is 189 cm³/mol. The molecule has 1 aromatic rings. The molecule has 0 spiro atoms. The number of amides is 3. The van der Waals surface area contributed by atoms with Gasteiger partial charge in [-0.1, -0.05) is 88.8 Å². The van der Waals surface area contributed by atoms with Crippen LogP contribution in [0.2, 0.25) is 0 Å². The van der Waals surface area contributed by atoms with E-state index in [9.17, 15) is 34.2 Å². The molecule has 0 saturated carbocycles. The van der Waals surface area contributed by atoms with Crippen LogP contribution in [-0.2, 0) is 35.1 Å². The minimum absolute atomic E-state index is 0.154. The van der Waals surface area contributed by atoms with Crippen LogP contribution in [0.1, 0.15) is 72.3 Å². The van der Waals surface area contributed by atoms with Crippen molar-refractivity contribution in [1.82, 2.24) is 21.1 Å². The van der Waals surface area contributed by atoms with Crippen LogP contribution in [-0.4, -0.2) is 88.2 Å². The summed E-state index contributed by atoms with van der Waals surface area (Å²) < 4.78 is 5.84. The molecule has 2 aliphatic heterocycles. The van der Waals surface area contributed by atoms with E-state index < -0.39 is 72.0 Å². The molecule has 0 aliphatic carbocycles. The molecule has 2 bridgehead atoms. The van der Waals surface area contributed by atoms with Crippen molar-refractivity contribution in [2.45, 2.75) is 110 Å². The lowest BCUT2D eigenvalue weighted by Crippen LogP contribution is -2.62. The van der Waals surface area contributed by atoms with E-state index in [2.05, 4.69) is 16.1 Å². The normalized spacial score (nSPS) is 31.0. The number of fused-ring (bicyclic) bond motifs is 2. The van der Waals surface area contributed by atoms with Crippen LogP contribution in [0, 0.1) is 17.8 Å². The molecule has 274 valence electrons. The smallest absolute Gasteiger partial charge is 0.325 e. The number of aliphatic hydroxyl groups excluding tert-OH is 2. The molecular formula is C38H54N4O8. The van der Waals surface area contributed by atoms with Gasteiger partial charge in [-0.05, 0) is 49.3 Å². The summed E-state index contributed by atoms with van der Waals surface area (Å²) in [5, 5.41) is 29.2. The van der Waals surface area contributed by atoms with Gasteiger partial charge in [-0.15, -0.1) is 0 Å². The first-order valence-corrected chi connectivity index (χ1v) is 17.6. The summed E-state index contributed by atoms with van der Waals surface area (Å²) in [5.74, 6) is -4.14. The van der Waals surface area contributed by atoms with Crippen molar-refractivity contribution >= 4 is 30.0 Å². The van der Waals surface area contributed by atoms with Crippen molar-refractivity contribution in [2.24, 2.45) is 17.8 Å². The third kappa shape index (κ3) is 11.5. The summed E-state index contributed by atoms with van der Waals surface area (Å²) >= 11 is 0. The van der Waals surface area contributed by atoms with Crippen molar-refractivity contribution in [1.29, 1.82) is 0 Å². The van der Waals surface area contributed by atoms with Crippen molar-refractivity contribution in [2.75, 3.05) is 6.54 Å². The van der Waals surface area contributed by atoms with Crippen LogP contribution < -0.4 is 16.1 Å². The topological polar surface area (TPSA) is 174 Å². The summed E-state index contributed by atoms with van der Waals surface area (Å²) in [5.41, 5.74) is 4.33. The zero-order valence-electron chi connectivity index (χ0n) is 29.8. The Morgan fingerprint density at radius 2 is 1.78 bits per heavy atom. The van der Waals surface area contributed by atoms with E-state index in [-0.39, 0.29) is 25.3 Å². The summed E-state index contributed by atoms with van der Waals surface area (Å²) in [6, 6.07) is 6.28. The molecule has 6 unspecified atom stereocenters. The van der Waals surface area contributed by atoms with Gasteiger partial charge in [0.2, 0.25) is 11.8 Å². The van der Waals surface area contributed by atoms with E-state index in [0.29, 0.717) is 37.5 Å². The Morgan fingerprint density at radius 3 is 2.44 bits per heavy atom. The third-order valence-electron chi connectivity index (χ3n) is 9.31. The number of carbonyl (C=O) groups is 5. The number of allylic oxidation sites excluding steroid dienone is 3. The van der Waals surface area contributed by atoms with Gasteiger partial charge in [-0.3, -0.25) is 29.0 Å². The molecule has 5 N–H and O–H groups in total. The second-order valence-corrected chi connectivity index (χ2v) is 13.6. The van der Waals surface area contributed by atoms with Gasteiger partial charge in [-0.25, -0.2) is 5.43 Å². The Bertz CT molecular complexity index is 1390. The Hall–Kier alpha value is -4.13. The molecular weight excluding hydrogens is 640 g/mol. The minimum atomic E-state index is -1.22. The first kappa shape index (κ1) is 40.3. The number of rotatable bonds is 7. The molecule has 50 heavy (non-hydrogen) atoms. The lowest BCUT2D eigenvalue weighted by Gasteiger charge is -2.36. The molecule has 0 radical (unpaired) electrons. The van der Waals surface area contributed by atoms with Gasteiger partial charge >= 0.3 is 5.97 Å². The second-order valence-electron chi connectivity index (χ2n) is 13.6. The predicted octanol–water partition coefficient (Wildman–Crippen LogP) is 2.70. The summed E-state index contributed by atoms with van der Waals surface area (Å²) in [6.07, 6.45) is 7.55. The Labute approximate surface area is 295 Å². The van der Waals surface area contributed by atoms with Crippen LogP contribution in [0.3, 0.4) is 0 Å². The number of carbonyl (C=O) groups excluding carboxylic acids is 5. The zero-order chi connectivity index (χ0) is 36.8. The van der Waals surface area contributed by atoms with Crippen molar-refractivity contribution in [3.05, 3.63) is 71.8 Å². The third-order valence-corrected chi connectivity index (χ3v) is 9.31. The van der Waals surface area contributed by atoms with E-state index in [4.69, 9.17) is 4.74 Å². The maximum absolute atomic E-state index is 14.1. The first-order chi connectivity index (χ1) is 23.9. The molecule has 12 nitrogen and oxygen atoms in total. The zero-order valence-corrected chi connectivity index (χ0v) is 29.8. The molecule has 2 heterocycles. The number of nitrogens with zero attached hydrogens (tertiary/aromatic N) is 1. The van der Waals surface area contributed by atoms with Crippen LogP contribution >= 0.6 is 0 Å². The number of hydrogen-bond acceptors (Lipinski definition) is 9. The number of hydrogen-bond donors (Lipinski definition) is 5. The number of aliphatic hydroxyl groups is 2. The fraction of sp³-hybridized carbons (Fsp3) is 0.553. The quantitative estimate of drug-likeness (QED) is 0.163. The maximum atomic E-state index is 14.1. The molecule has 12 heteroatoms. The van der Waals surface area contributed by atoms with E-state index >= 15 is 0 Å². The van der Waals surface area contributed by atoms with Crippen LogP contribution in [0.5, 0.6) is 0 Å². The van der Waals surface area contributed by atoms with Gasteiger partial charge in [0, 0.05) is 25.3 Å². The molecule has 2 aliphatic rings. The minimum Gasteiger partial charge on any atom is -0.456 e. The highest BCUT2D eigenvalue weighted by atomic mass is 16.5. The highest BCUT2D eigenvalue weighted by Gasteiger charge is 2.38. The van der Waals surface area contributed by atoms with Crippen molar-refractivity contribution < 1.29 is 38.9 Å². The fourth-order valence-electron chi connectivity index (χ4n) is 6.14. The Kier molecular flexibility index (Phi) is 16.0. The molecule has 3 amide bonds. The molecule has 8 atom stereocenters. The number of ether oxygens (including phenoxy) is 1. The molecule has 3 rings (SSSR count). The van der Waals surface area contributed by atoms with Crippen LogP contribution in [0.25, 0.3) is 0 Å². The lowest BCUT2D eigenvalue weighted by molar-refractivity contribution is -0.156. The van der Waals surface area contributed by atoms with Gasteiger partial charge in [0.25, 0.3) is 5.91 Å². The van der Waals surface area contributed by atoms with Crippen molar-refractivity contribution in [3.8, 4) is 0 Å². The number of benzene rings is 1. The Balaban J connectivity index is 2.03. The number of aldehydes is 1. The van der Waals surface area contributed by atoms with E-state index in [0.717, 1.165) is 5.56 Å². The SMILES string of the molecule is CCCC1C(=O)NC(C(C)C)C(=O)NC(Cc2ccccc2)C(=O)N2CCCC(N2)C(=O)O[C@H](/C(C)=C/C=O)C/C=C/C=C/[C@H](O)C(C)C1O. The van der Waals surface area contributed by atoms with Gasteiger partial charge in [0.15, 0.2) is 0 Å². The summed E-state index contributed by atoms with van der Waals surface area (Å²) in [6.45, 7) is 9.06. The molecule has 0 aromatic heterocycles. The lowest BCUT2D eigenvalue weighted by atomic mass is 9.84. The Morgan fingerprint density at radius 1 is 1.06 bits per heavy atom.